The molecule has 2 rings (SSSR count). The number of nitrogens with zero attached hydrogens (tertiary/aromatic N) is 1. The van der Waals surface area contributed by atoms with Crippen molar-refractivity contribution in [1.29, 1.82) is 5.26 Å². The summed E-state index contributed by atoms with van der Waals surface area (Å²) in [6.45, 7) is 4.07. The topological polar surface area (TPSA) is 62.1 Å². The van der Waals surface area contributed by atoms with Crippen LogP contribution in [0, 0.1) is 17.2 Å². The van der Waals surface area contributed by atoms with Crippen LogP contribution in [0.25, 0.3) is 0 Å². The van der Waals surface area contributed by atoms with Crippen molar-refractivity contribution in [2.24, 2.45) is 5.92 Å². The Labute approximate surface area is 163 Å². The zero-order valence-electron chi connectivity index (χ0n) is 15.0. The number of amides is 1. The molecule has 2 aromatic carbocycles. The van der Waals surface area contributed by atoms with E-state index in [1.165, 1.54) is 0 Å². The Morgan fingerprint density at radius 2 is 1.73 bits per heavy atom. The summed E-state index contributed by atoms with van der Waals surface area (Å²) in [5.74, 6) is 0.0347. The zero-order chi connectivity index (χ0) is 18.9. The molecular weight excluding hydrogens is 392 g/mol. The quantitative estimate of drug-likeness (QED) is 0.641. The summed E-state index contributed by atoms with van der Waals surface area (Å²) in [5.41, 5.74) is 1.96. The minimum Gasteiger partial charge on any atom is -0.356 e. The molecule has 0 aliphatic heterocycles. The average molecular weight is 415 g/mol. The highest BCUT2D eigenvalue weighted by atomic mass is 79.9. The summed E-state index contributed by atoms with van der Waals surface area (Å²) >= 11 is 3.45. The lowest BCUT2D eigenvalue weighted by Crippen LogP contribution is -2.38. The molecule has 0 saturated heterocycles. The molecule has 0 saturated carbocycles. The van der Waals surface area contributed by atoms with Crippen LogP contribution < -0.4 is 5.32 Å². The Bertz CT molecular complexity index is 739. The van der Waals surface area contributed by atoms with Gasteiger partial charge in [0.1, 0.15) is 18.8 Å². The number of carbonyl (C=O) groups excluding carboxylic acids is 1. The number of nitriles is 1. The number of hydrogen-bond acceptors (Lipinski definition) is 3. The molecule has 0 radical (unpaired) electrons. The van der Waals surface area contributed by atoms with Crippen molar-refractivity contribution in [3.05, 3.63) is 70.2 Å². The van der Waals surface area contributed by atoms with E-state index in [9.17, 15) is 4.79 Å². The van der Waals surface area contributed by atoms with Gasteiger partial charge in [0.2, 0.25) is 5.91 Å². The standard InChI is InChI=1S/C21H23BrN2O2/c1-15(2)14-19(21(25)24-13-12-23)26-20(16-6-4-3-5-7-16)17-8-10-18(22)11-9-17/h3-11,15,19-20H,13-14H2,1-2H3,(H,24,25)/t19?,20-/m0/s1. The fraction of sp³-hybridized carbons (Fsp3) is 0.333. The number of halogens is 1. The first-order chi connectivity index (χ1) is 12.5. The molecule has 26 heavy (non-hydrogen) atoms. The summed E-state index contributed by atoms with van der Waals surface area (Å²) in [4.78, 5) is 12.5. The molecule has 1 N–H and O–H groups in total. The van der Waals surface area contributed by atoms with Crippen molar-refractivity contribution in [2.45, 2.75) is 32.5 Å². The second-order valence-corrected chi connectivity index (χ2v) is 7.39. The van der Waals surface area contributed by atoms with Crippen LogP contribution in [-0.2, 0) is 9.53 Å². The normalized spacial score (nSPS) is 13.0. The van der Waals surface area contributed by atoms with Crippen molar-refractivity contribution in [3.63, 3.8) is 0 Å². The van der Waals surface area contributed by atoms with Gasteiger partial charge < -0.3 is 10.1 Å². The van der Waals surface area contributed by atoms with Gasteiger partial charge in [-0.1, -0.05) is 72.2 Å². The highest BCUT2D eigenvalue weighted by Gasteiger charge is 2.26. The summed E-state index contributed by atoms with van der Waals surface area (Å²) in [7, 11) is 0. The van der Waals surface area contributed by atoms with Gasteiger partial charge in [-0.05, 0) is 35.6 Å². The molecule has 0 aliphatic carbocycles. The third-order valence-corrected chi connectivity index (χ3v) is 4.42. The van der Waals surface area contributed by atoms with Gasteiger partial charge in [0, 0.05) is 4.47 Å². The molecule has 0 fully saturated rings. The van der Waals surface area contributed by atoms with Gasteiger partial charge in [-0.15, -0.1) is 0 Å². The van der Waals surface area contributed by atoms with E-state index in [2.05, 4.69) is 21.2 Å². The van der Waals surface area contributed by atoms with Crippen LogP contribution in [0.1, 0.15) is 37.5 Å². The first-order valence-electron chi connectivity index (χ1n) is 8.61. The number of hydrogen-bond donors (Lipinski definition) is 1. The highest BCUT2D eigenvalue weighted by Crippen LogP contribution is 2.29. The Balaban J connectivity index is 2.32. The van der Waals surface area contributed by atoms with Crippen LogP contribution in [0.15, 0.2) is 59.1 Å². The smallest absolute Gasteiger partial charge is 0.250 e. The van der Waals surface area contributed by atoms with Crippen molar-refractivity contribution < 1.29 is 9.53 Å². The lowest BCUT2D eigenvalue weighted by atomic mass is 10.00. The van der Waals surface area contributed by atoms with Gasteiger partial charge in [0.05, 0.1) is 6.07 Å². The first kappa shape index (κ1) is 20.2. The van der Waals surface area contributed by atoms with Gasteiger partial charge in [-0.25, -0.2) is 0 Å². The maximum absolute atomic E-state index is 12.5. The van der Waals surface area contributed by atoms with Crippen molar-refractivity contribution in [3.8, 4) is 6.07 Å². The maximum Gasteiger partial charge on any atom is 0.250 e. The summed E-state index contributed by atoms with van der Waals surface area (Å²) in [6, 6.07) is 19.7. The number of benzene rings is 2. The summed E-state index contributed by atoms with van der Waals surface area (Å²) in [6.07, 6.45) is -0.407. The van der Waals surface area contributed by atoms with Gasteiger partial charge >= 0.3 is 0 Å². The molecule has 0 bridgehead atoms. The summed E-state index contributed by atoms with van der Waals surface area (Å²) in [5, 5.41) is 11.4. The maximum atomic E-state index is 12.5. The second kappa shape index (κ2) is 10.1. The number of ether oxygens (including phenoxy) is 1. The van der Waals surface area contributed by atoms with Crippen molar-refractivity contribution in [1.82, 2.24) is 5.32 Å². The third kappa shape index (κ3) is 5.98. The Morgan fingerprint density at radius 1 is 1.12 bits per heavy atom. The Kier molecular flexibility index (Phi) is 7.83. The number of carbonyl (C=O) groups is 1. The molecule has 4 nitrogen and oxygen atoms in total. The molecule has 0 aromatic heterocycles. The predicted molar refractivity (Wildman–Crippen MR) is 105 cm³/mol. The van der Waals surface area contributed by atoms with E-state index in [0.29, 0.717) is 6.42 Å². The fourth-order valence-corrected chi connectivity index (χ4v) is 2.94. The molecule has 136 valence electrons. The highest BCUT2D eigenvalue weighted by molar-refractivity contribution is 9.10. The van der Waals surface area contributed by atoms with Crippen LogP contribution in [0.2, 0.25) is 0 Å². The van der Waals surface area contributed by atoms with Gasteiger partial charge in [-0.2, -0.15) is 5.26 Å². The van der Waals surface area contributed by atoms with Crippen molar-refractivity contribution in [2.75, 3.05) is 6.54 Å². The van der Waals surface area contributed by atoms with E-state index < -0.39 is 6.10 Å². The molecule has 0 spiro atoms. The minimum absolute atomic E-state index is 0.0227. The van der Waals surface area contributed by atoms with Crippen LogP contribution in [-0.4, -0.2) is 18.6 Å². The van der Waals surface area contributed by atoms with Crippen LogP contribution in [0.3, 0.4) is 0 Å². The van der Waals surface area contributed by atoms with E-state index in [1.807, 2.05) is 74.5 Å². The van der Waals surface area contributed by atoms with E-state index >= 15 is 0 Å². The van der Waals surface area contributed by atoms with Crippen LogP contribution in [0.5, 0.6) is 0 Å². The van der Waals surface area contributed by atoms with E-state index in [0.717, 1.165) is 15.6 Å². The van der Waals surface area contributed by atoms with E-state index in [-0.39, 0.29) is 24.5 Å². The zero-order valence-corrected chi connectivity index (χ0v) is 16.6. The molecule has 5 heteroatoms. The second-order valence-electron chi connectivity index (χ2n) is 6.47. The number of nitrogens with one attached hydrogen (secondary N) is 1. The minimum atomic E-state index is -0.628. The molecule has 1 unspecified atom stereocenters. The average Bonchev–Trinajstić information content (AvgIpc) is 2.64. The van der Waals surface area contributed by atoms with E-state index in [4.69, 9.17) is 10.00 Å². The van der Waals surface area contributed by atoms with Crippen LogP contribution in [0.4, 0.5) is 0 Å². The molecule has 0 heterocycles. The van der Waals surface area contributed by atoms with Gasteiger partial charge in [-0.3, -0.25) is 4.79 Å². The fourth-order valence-electron chi connectivity index (χ4n) is 2.67. The Hall–Kier alpha value is -2.16. The van der Waals surface area contributed by atoms with Gasteiger partial charge in [0.15, 0.2) is 0 Å². The third-order valence-electron chi connectivity index (χ3n) is 3.90. The Morgan fingerprint density at radius 3 is 2.31 bits per heavy atom. The molecule has 0 aliphatic rings. The molecular formula is C21H23BrN2O2. The lowest BCUT2D eigenvalue weighted by Gasteiger charge is -2.26. The monoisotopic (exact) mass is 414 g/mol. The van der Waals surface area contributed by atoms with E-state index in [1.54, 1.807) is 0 Å². The SMILES string of the molecule is CC(C)CC(O[C@@H](c1ccccc1)c1ccc(Br)cc1)C(=O)NCC#N. The largest absolute Gasteiger partial charge is 0.356 e. The van der Waals surface area contributed by atoms with Crippen LogP contribution >= 0.6 is 15.9 Å². The number of rotatable bonds is 8. The molecule has 2 atom stereocenters. The van der Waals surface area contributed by atoms with Crippen molar-refractivity contribution >= 4 is 21.8 Å². The molecule has 2 aromatic rings. The predicted octanol–water partition coefficient (Wildman–Crippen LogP) is 4.61. The summed E-state index contributed by atoms with van der Waals surface area (Å²) < 4.78 is 7.28. The first-order valence-corrected chi connectivity index (χ1v) is 9.41. The van der Waals surface area contributed by atoms with Gasteiger partial charge in [0.25, 0.3) is 0 Å². The molecule has 1 amide bonds. The lowest BCUT2D eigenvalue weighted by molar-refractivity contribution is -0.136.